The average Bonchev–Trinajstić information content (AvgIpc) is 2.75. The van der Waals surface area contributed by atoms with Crippen LogP contribution in [0.3, 0.4) is 0 Å². The summed E-state index contributed by atoms with van der Waals surface area (Å²) in [5.41, 5.74) is 1.31. The summed E-state index contributed by atoms with van der Waals surface area (Å²) in [7, 11) is -3.66. The van der Waals surface area contributed by atoms with Crippen LogP contribution in [0.2, 0.25) is 0 Å². The number of hydrogen-bond donors (Lipinski definition) is 3. The van der Waals surface area contributed by atoms with Crippen LogP contribution in [0, 0.1) is 5.92 Å². The van der Waals surface area contributed by atoms with Gasteiger partial charge in [0, 0.05) is 23.3 Å². The molecule has 0 saturated heterocycles. The second kappa shape index (κ2) is 6.43. The maximum atomic E-state index is 12.3. The number of aliphatic hydroxyl groups is 1. The molecule has 1 heterocycles. The van der Waals surface area contributed by atoms with E-state index in [2.05, 4.69) is 26.0 Å². The first kappa shape index (κ1) is 16.4. The van der Waals surface area contributed by atoms with Crippen LogP contribution in [0.15, 0.2) is 21.5 Å². The highest BCUT2D eigenvalue weighted by Crippen LogP contribution is 2.32. The number of benzene rings is 1. The Balaban J connectivity index is 2.21. The molecule has 1 aliphatic rings. The molecule has 1 atom stereocenters. The Labute approximate surface area is 132 Å². The molecule has 116 valence electrons. The lowest BCUT2D eigenvalue weighted by Crippen LogP contribution is -2.29. The van der Waals surface area contributed by atoms with Gasteiger partial charge in [-0.3, -0.25) is 4.79 Å². The van der Waals surface area contributed by atoms with Gasteiger partial charge in [-0.25, -0.2) is 13.1 Å². The quantitative estimate of drug-likeness (QED) is 0.695. The van der Waals surface area contributed by atoms with Crippen LogP contribution in [0.5, 0.6) is 0 Å². The van der Waals surface area contributed by atoms with E-state index in [0.29, 0.717) is 22.1 Å². The Morgan fingerprint density at radius 3 is 2.86 bits per heavy atom. The van der Waals surface area contributed by atoms with Crippen LogP contribution in [0.4, 0.5) is 5.69 Å². The van der Waals surface area contributed by atoms with Crippen molar-refractivity contribution in [3.63, 3.8) is 0 Å². The monoisotopic (exact) mass is 376 g/mol. The van der Waals surface area contributed by atoms with E-state index in [0.717, 1.165) is 0 Å². The predicted molar refractivity (Wildman–Crippen MR) is 82.5 cm³/mol. The van der Waals surface area contributed by atoms with E-state index < -0.39 is 10.0 Å². The minimum absolute atomic E-state index is 0.0270. The van der Waals surface area contributed by atoms with Crippen LogP contribution in [-0.2, 0) is 21.2 Å². The largest absolute Gasteiger partial charge is 0.396 e. The molecule has 8 heteroatoms. The Morgan fingerprint density at radius 2 is 2.19 bits per heavy atom. The zero-order valence-electron chi connectivity index (χ0n) is 11.5. The molecule has 0 aliphatic carbocycles. The summed E-state index contributed by atoms with van der Waals surface area (Å²) >= 11 is 3.23. The zero-order chi connectivity index (χ0) is 15.6. The van der Waals surface area contributed by atoms with Crippen LogP contribution in [-0.4, -0.2) is 32.6 Å². The number of carbonyl (C=O) groups excluding carboxylic acids is 1. The average molecular weight is 377 g/mol. The number of aliphatic hydroxyl groups excluding tert-OH is 1. The number of fused-ring (bicyclic) bond motifs is 1. The summed E-state index contributed by atoms with van der Waals surface area (Å²) < 4.78 is 27.6. The smallest absolute Gasteiger partial charge is 0.241 e. The molecule has 0 aromatic heterocycles. The van der Waals surface area contributed by atoms with Gasteiger partial charge in [-0.2, -0.15) is 0 Å². The molecule has 21 heavy (non-hydrogen) atoms. The fraction of sp³-hybridized carbons (Fsp3) is 0.462. The summed E-state index contributed by atoms with van der Waals surface area (Å²) in [5.74, 6) is -0.0998. The first-order chi connectivity index (χ1) is 9.83. The highest BCUT2D eigenvalue weighted by atomic mass is 79.9. The first-order valence-electron chi connectivity index (χ1n) is 6.56. The minimum Gasteiger partial charge on any atom is -0.396 e. The van der Waals surface area contributed by atoms with Crippen LogP contribution in [0.25, 0.3) is 0 Å². The van der Waals surface area contributed by atoms with Gasteiger partial charge in [0.25, 0.3) is 0 Å². The van der Waals surface area contributed by atoms with Crippen molar-refractivity contribution < 1.29 is 18.3 Å². The molecule has 1 aromatic carbocycles. The fourth-order valence-electron chi connectivity index (χ4n) is 2.08. The fourth-order valence-corrected chi connectivity index (χ4v) is 4.34. The summed E-state index contributed by atoms with van der Waals surface area (Å²) in [6.45, 7) is 2.14. The normalized spacial score (nSPS) is 15.7. The third-order valence-corrected chi connectivity index (χ3v) is 5.70. The number of rotatable bonds is 6. The van der Waals surface area contributed by atoms with Crippen molar-refractivity contribution in [2.24, 2.45) is 5.92 Å². The maximum Gasteiger partial charge on any atom is 0.241 e. The van der Waals surface area contributed by atoms with E-state index in [4.69, 9.17) is 5.11 Å². The molecule has 0 radical (unpaired) electrons. The zero-order valence-corrected chi connectivity index (χ0v) is 13.9. The summed E-state index contributed by atoms with van der Waals surface area (Å²) in [5, 5.41) is 11.5. The molecule has 0 fully saturated rings. The third-order valence-electron chi connectivity index (χ3n) is 3.32. The number of sulfonamides is 1. The van der Waals surface area contributed by atoms with E-state index in [9.17, 15) is 13.2 Å². The van der Waals surface area contributed by atoms with Gasteiger partial charge in [0.15, 0.2) is 0 Å². The van der Waals surface area contributed by atoms with E-state index >= 15 is 0 Å². The molecule has 3 N–H and O–H groups in total. The molecule has 0 spiro atoms. The van der Waals surface area contributed by atoms with Gasteiger partial charge in [-0.1, -0.05) is 6.92 Å². The van der Waals surface area contributed by atoms with Crippen molar-refractivity contribution in [3.05, 3.63) is 22.2 Å². The number of hydrogen-bond acceptors (Lipinski definition) is 4. The van der Waals surface area contributed by atoms with E-state index in [1.807, 2.05) is 6.92 Å². The third kappa shape index (κ3) is 3.82. The minimum atomic E-state index is -3.66. The Kier molecular flexibility index (Phi) is 5.03. The highest BCUT2D eigenvalue weighted by Gasteiger charge is 2.25. The molecule has 0 bridgehead atoms. The molecule has 1 unspecified atom stereocenters. The van der Waals surface area contributed by atoms with Crippen molar-refractivity contribution in [2.45, 2.75) is 24.7 Å². The van der Waals surface area contributed by atoms with Gasteiger partial charge in [0.05, 0.1) is 11.3 Å². The number of amides is 1. The summed E-state index contributed by atoms with van der Waals surface area (Å²) in [4.78, 5) is 11.5. The van der Waals surface area contributed by atoms with Crippen molar-refractivity contribution in [3.8, 4) is 0 Å². The van der Waals surface area contributed by atoms with Crippen molar-refractivity contribution in [2.75, 3.05) is 18.5 Å². The Bertz CT molecular complexity index is 660. The molecule has 0 saturated carbocycles. The predicted octanol–water partition coefficient (Wildman–Crippen LogP) is 1.24. The second-order valence-corrected chi connectivity index (χ2v) is 7.72. The van der Waals surface area contributed by atoms with Gasteiger partial charge in [0.2, 0.25) is 15.9 Å². The first-order valence-corrected chi connectivity index (χ1v) is 8.84. The number of carbonyl (C=O) groups is 1. The molecule has 1 aromatic rings. The number of nitrogens with one attached hydrogen (secondary N) is 2. The number of halogens is 1. The van der Waals surface area contributed by atoms with Crippen molar-refractivity contribution in [1.29, 1.82) is 0 Å². The molecule has 1 amide bonds. The lowest BCUT2D eigenvalue weighted by Gasteiger charge is -2.13. The Hall–Kier alpha value is -0.960. The standard InChI is InChI=1S/C13H17BrN2O4S/c1-8(2-3-17)7-15-21(19,20)12-4-9-5-13(18)16-11(9)6-10(12)14/h4,6,8,15,17H,2-3,5,7H2,1H3,(H,16,18). The lowest BCUT2D eigenvalue weighted by atomic mass is 10.1. The molecular weight excluding hydrogens is 360 g/mol. The maximum absolute atomic E-state index is 12.3. The molecule has 6 nitrogen and oxygen atoms in total. The summed E-state index contributed by atoms with van der Waals surface area (Å²) in [6.07, 6.45) is 0.721. The topological polar surface area (TPSA) is 95.5 Å². The van der Waals surface area contributed by atoms with E-state index in [-0.39, 0.29) is 36.3 Å². The van der Waals surface area contributed by atoms with Crippen molar-refractivity contribution >= 4 is 37.5 Å². The van der Waals surface area contributed by atoms with E-state index in [1.54, 1.807) is 6.07 Å². The van der Waals surface area contributed by atoms with Crippen LogP contribution in [0.1, 0.15) is 18.9 Å². The molecule has 2 rings (SSSR count). The lowest BCUT2D eigenvalue weighted by molar-refractivity contribution is -0.115. The Morgan fingerprint density at radius 1 is 1.48 bits per heavy atom. The number of anilines is 1. The molecule has 1 aliphatic heterocycles. The summed E-state index contributed by atoms with van der Waals surface area (Å²) in [6, 6.07) is 3.11. The van der Waals surface area contributed by atoms with Crippen LogP contribution < -0.4 is 10.0 Å². The van der Waals surface area contributed by atoms with Gasteiger partial charge in [-0.05, 0) is 46.0 Å². The van der Waals surface area contributed by atoms with Gasteiger partial charge in [-0.15, -0.1) is 0 Å². The molecular formula is C13H17BrN2O4S. The van der Waals surface area contributed by atoms with Crippen LogP contribution >= 0.6 is 15.9 Å². The SMILES string of the molecule is CC(CCO)CNS(=O)(=O)c1cc2c(cc1Br)NC(=O)C2. The van der Waals surface area contributed by atoms with Gasteiger partial charge in [0.1, 0.15) is 0 Å². The highest BCUT2D eigenvalue weighted by molar-refractivity contribution is 9.10. The van der Waals surface area contributed by atoms with Crippen molar-refractivity contribution in [1.82, 2.24) is 4.72 Å². The second-order valence-electron chi connectivity index (χ2n) is 5.13. The van der Waals surface area contributed by atoms with Gasteiger partial charge >= 0.3 is 0 Å². The van der Waals surface area contributed by atoms with E-state index in [1.165, 1.54) is 6.07 Å². The van der Waals surface area contributed by atoms with Gasteiger partial charge < -0.3 is 10.4 Å².